The van der Waals surface area contributed by atoms with Crippen LogP contribution in [0.5, 0.6) is 0 Å². The summed E-state index contributed by atoms with van der Waals surface area (Å²) in [6.45, 7) is 1.28. The van der Waals surface area contributed by atoms with Gasteiger partial charge in [0.25, 0.3) is 5.91 Å². The summed E-state index contributed by atoms with van der Waals surface area (Å²) in [7, 11) is 0. The van der Waals surface area contributed by atoms with E-state index in [2.05, 4.69) is 15.3 Å². The second-order valence-electron chi connectivity index (χ2n) is 3.57. The Labute approximate surface area is 98.2 Å². The molecule has 1 aliphatic heterocycles. The summed E-state index contributed by atoms with van der Waals surface area (Å²) < 4.78 is 5.39. The van der Waals surface area contributed by atoms with Gasteiger partial charge in [0.1, 0.15) is 10.8 Å². The highest BCUT2D eigenvalue weighted by atomic mass is 35.5. The molecular weight excluding hydrogens is 230 g/mol. The first kappa shape index (κ1) is 11.3. The molecule has 1 aliphatic rings. The van der Waals surface area contributed by atoms with Gasteiger partial charge in [0.2, 0.25) is 0 Å². The Kier molecular flexibility index (Phi) is 3.69. The molecule has 0 spiro atoms. The van der Waals surface area contributed by atoms with Crippen molar-refractivity contribution >= 4 is 17.5 Å². The fraction of sp³-hybridized carbons (Fsp3) is 0.500. The van der Waals surface area contributed by atoms with E-state index in [1.807, 2.05) is 0 Å². The van der Waals surface area contributed by atoms with Crippen LogP contribution < -0.4 is 5.32 Å². The minimum atomic E-state index is -0.273. The fourth-order valence-corrected chi connectivity index (χ4v) is 1.70. The molecule has 86 valence electrons. The van der Waals surface area contributed by atoms with Crippen LogP contribution in [0.2, 0.25) is 5.15 Å². The number of hydrogen-bond donors (Lipinski definition) is 1. The van der Waals surface area contributed by atoms with Crippen molar-refractivity contribution < 1.29 is 9.53 Å². The van der Waals surface area contributed by atoms with Gasteiger partial charge in [0.05, 0.1) is 18.5 Å². The summed E-state index contributed by atoms with van der Waals surface area (Å²) in [6, 6.07) is 0. The summed E-state index contributed by atoms with van der Waals surface area (Å²) >= 11 is 5.64. The van der Waals surface area contributed by atoms with Gasteiger partial charge in [-0.25, -0.2) is 4.98 Å². The van der Waals surface area contributed by atoms with E-state index in [0.29, 0.717) is 6.54 Å². The molecule has 5 nitrogen and oxygen atoms in total. The number of carbonyl (C=O) groups is 1. The molecule has 16 heavy (non-hydrogen) atoms. The Hall–Kier alpha value is -1.20. The number of carbonyl (C=O) groups excluding carboxylic acids is 1. The van der Waals surface area contributed by atoms with Gasteiger partial charge in [-0.2, -0.15) is 0 Å². The van der Waals surface area contributed by atoms with Crippen LogP contribution in [0.25, 0.3) is 0 Å². The molecule has 0 aliphatic carbocycles. The van der Waals surface area contributed by atoms with Crippen molar-refractivity contribution in [1.82, 2.24) is 15.3 Å². The normalized spacial score (nSPS) is 19.7. The minimum Gasteiger partial charge on any atom is -0.376 e. The monoisotopic (exact) mass is 241 g/mol. The number of nitrogens with zero attached hydrogens (tertiary/aromatic N) is 2. The quantitative estimate of drug-likeness (QED) is 0.859. The van der Waals surface area contributed by atoms with Crippen molar-refractivity contribution in [2.45, 2.75) is 18.9 Å². The largest absolute Gasteiger partial charge is 0.376 e. The van der Waals surface area contributed by atoms with Gasteiger partial charge in [-0.1, -0.05) is 11.6 Å². The predicted octanol–water partition coefficient (Wildman–Crippen LogP) is 1.04. The van der Waals surface area contributed by atoms with E-state index < -0.39 is 0 Å². The lowest BCUT2D eigenvalue weighted by Gasteiger charge is -2.10. The molecule has 1 saturated heterocycles. The smallest absolute Gasteiger partial charge is 0.271 e. The van der Waals surface area contributed by atoms with Crippen LogP contribution >= 0.6 is 11.6 Å². The molecule has 1 amide bonds. The second kappa shape index (κ2) is 5.23. The average Bonchev–Trinajstić information content (AvgIpc) is 2.78. The Bertz CT molecular complexity index is 380. The molecule has 0 radical (unpaired) electrons. The summed E-state index contributed by atoms with van der Waals surface area (Å²) in [5.41, 5.74) is 0.227. The maximum absolute atomic E-state index is 11.6. The Balaban J connectivity index is 1.87. The third kappa shape index (κ3) is 2.90. The van der Waals surface area contributed by atoms with Crippen molar-refractivity contribution in [3.63, 3.8) is 0 Å². The fourth-order valence-electron chi connectivity index (χ4n) is 1.55. The zero-order valence-electron chi connectivity index (χ0n) is 8.65. The van der Waals surface area contributed by atoms with Crippen molar-refractivity contribution in [2.75, 3.05) is 13.2 Å². The molecule has 0 saturated carbocycles. The molecule has 1 fully saturated rings. The van der Waals surface area contributed by atoms with Crippen molar-refractivity contribution in [3.05, 3.63) is 23.2 Å². The molecule has 2 heterocycles. The Morgan fingerprint density at radius 2 is 2.50 bits per heavy atom. The first-order valence-corrected chi connectivity index (χ1v) is 5.51. The molecule has 0 aromatic carbocycles. The van der Waals surface area contributed by atoms with Crippen LogP contribution in [0.3, 0.4) is 0 Å². The van der Waals surface area contributed by atoms with Crippen LogP contribution in [-0.2, 0) is 4.74 Å². The zero-order chi connectivity index (χ0) is 11.4. The zero-order valence-corrected chi connectivity index (χ0v) is 9.41. The number of ether oxygens (including phenoxy) is 1. The van der Waals surface area contributed by atoms with E-state index in [1.165, 1.54) is 12.4 Å². The van der Waals surface area contributed by atoms with Crippen LogP contribution in [0, 0.1) is 0 Å². The molecule has 1 N–H and O–H groups in total. The van der Waals surface area contributed by atoms with Gasteiger partial charge < -0.3 is 10.1 Å². The maximum Gasteiger partial charge on any atom is 0.271 e. The average molecular weight is 242 g/mol. The highest BCUT2D eigenvalue weighted by Crippen LogP contribution is 2.10. The van der Waals surface area contributed by atoms with Crippen molar-refractivity contribution in [1.29, 1.82) is 0 Å². The highest BCUT2D eigenvalue weighted by Gasteiger charge is 2.17. The van der Waals surface area contributed by atoms with Crippen LogP contribution in [-0.4, -0.2) is 35.1 Å². The Morgan fingerprint density at radius 1 is 1.62 bits per heavy atom. The number of halogens is 1. The van der Waals surface area contributed by atoms with Gasteiger partial charge in [0, 0.05) is 13.2 Å². The maximum atomic E-state index is 11.6. The second-order valence-corrected chi connectivity index (χ2v) is 3.96. The lowest BCUT2D eigenvalue weighted by Crippen LogP contribution is -2.32. The first-order valence-electron chi connectivity index (χ1n) is 5.13. The number of amides is 1. The lowest BCUT2D eigenvalue weighted by atomic mass is 10.2. The highest BCUT2D eigenvalue weighted by molar-refractivity contribution is 6.29. The lowest BCUT2D eigenvalue weighted by molar-refractivity contribution is 0.0853. The third-order valence-corrected chi connectivity index (χ3v) is 2.53. The molecule has 1 unspecified atom stereocenters. The van der Waals surface area contributed by atoms with Gasteiger partial charge >= 0.3 is 0 Å². The first-order chi connectivity index (χ1) is 7.75. The molecule has 6 heteroatoms. The molecule has 1 aromatic heterocycles. The third-order valence-electron chi connectivity index (χ3n) is 2.35. The molecule has 1 aromatic rings. The SMILES string of the molecule is O=C(NCC1CCCO1)c1cncc(Cl)n1. The van der Waals surface area contributed by atoms with Crippen molar-refractivity contribution in [2.24, 2.45) is 0 Å². The van der Waals surface area contributed by atoms with E-state index in [1.54, 1.807) is 0 Å². The summed E-state index contributed by atoms with van der Waals surface area (Å²) in [5, 5.41) is 2.96. The minimum absolute atomic E-state index is 0.121. The molecule has 1 atom stereocenters. The topological polar surface area (TPSA) is 64.1 Å². The van der Waals surface area contributed by atoms with Crippen LogP contribution in [0.15, 0.2) is 12.4 Å². The molecule has 2 rings (SSSR count). The van der Waals surface area contributed by atoms with Crippen LogP contribution in [0.1, 0.15) is 23.3 Å². The van der Waals surface area contributed by atoms with Gasteiger partial charge in [-0.3, -0.25) is 9.78 Å². The predicted molar refractivity (Wildman–Crippen MR) is 58.3 cm³/mol. The van der Waals surface area contributed by atoms with E-state index in [9.17, 15) is 4.79 Å². The van der Waals surface area contributed by atoms with Gasteiger partial charge in [-0.05, 0) is 12.8 Å². The van der Waals surface area contributed by atoms with E-state index in [-0.39, 0.29) is 22.9 Å². The summed E-state index contributed by atoms with van der Waals surface area (Å²) in [4.78, 5) is 19.3. The van der Waals surface area contributed by atoms with E-state index in [4.69, 9.17) is 16.3 Å². The molecular formula is C10H12ClN3O2. The van der Waals surface area contributed by atoms with Crippen LogP contribution in [0.4, 0.5) is 0 Å². The number of rotatable bonds is 3. The molecule has 0 bridgehead atoms. The van der Waals surface area contributed by atoms with E-state index in [0.717, 1.165) is 19.4 Å². The van der Waals surface area contributed by atoms with Gasteiger partial charge in [-0.15, -0.1) is 0 Å². The summed E-state index contributed by atoms with van der Waals surface area (Å²) in [5.74, 6) is -0.273. The number of hydrogen-bond acceptors (Lipinski definition) is 4. The summed E-state index contributed by atoms with van der Waals surface area (Å²) in [6.07, 6.45) is 4.94. The van der Waals surface area contributed by atoms with Gasteiger partial charge in [0.15, 0.2) is 0 Å². The Morgan fingerprint density at radius 3 is 3.19 bits per heavy atom. The number of nitrogens with one attached hydrogen (secondary N) is 1. The van der Waals surface area contributed by atoms with Crippen molar-refractivity contribution in [3.8, 4) is 0 Å². The number of aromatic nitrogens is 2. The van der Waals surface area contributed by atoms with E-state index >= 15 is 0 Å². The standard InChI is InChI=1S/C10H12ClN3O2/c11-9-6-12-5-8(14-9)10(15)13-4-7-2-1-3-16-7/h5-7H,1-4H2,(H,13,15).